The van der Waals surface area contributed by atoms with Crippen LogP contribution < -0.4 is 5.73 Å². The van der Waals surface area contributed by atoms with Crippen LogP contribution in [0.4, 0.5) is 5.82 Å². The van der Waals surface area contributed by atoms with E-state index in [1.54, 1.807) is 0 Å². The van der Waals surface area contributed by atoms with E-state index in [2.05, 4.69) is 34.6 Å². The molecule has 1 aromatic rings. The van der Waals surface area contributed by atoms with Gasteiger partial charge in [0, 0.05) is 5.56 Å². The third kappa shape index (κ3) is 2.20. The minimum Gasteiger partial charge on any atom is -0.384 e. The summed E-state index contributed by atoms with van der Waals surface area (Å²) < 4.78 is 2.00. The highest BCUT2D eigenvalue weighted by molar-refractivity contribution is 5.45. The standard InChI is InChI=1S/C14H25N3/c1-9(2)10-6-7-12-11(8-10)13(15)17(16-12)14(3,4)5/h9-10H,6-8,15H2,1-5H3. The summed E-state index contributed by atoms with van der Waals surface area (Å²) >= 11 is 0. The molecule has 0 fully saturated rings. The highest BCUT2D eigenvalue weighted by atomic mass is 15.3. The van der Waals surface area contributed by atoms with Gasteiger partial charge in [-0.3, -0.25) is 0 Å². The number of hydrogen-bond acceptors (Lipinski definition) is 2. The molecule has 0 bridgehead atoms. The molecule has 1 heterocycles. The molecule has 0 aromatic carbocycles. The van der Waals surface area contributed by atoms with Gasteiger partial charge in [-0.2, -0.15) is 5.10 Å². The second-order valence-corrected chi connectivity index (χ2v) is 6.64. The lowest BCUT2D eigenvalue weighted by Crippen LogP contribution is -2.25. The molecule has 2 N–H and O–H groups in total. The van der Waals surface area contributed by atoms with Crippen LogP contribution in [-0.2, 0) is 18.4 Å². The van der Waals surface area contributed by atoms with Crippen LogP contribution >= 0.6 is 0 Å². The molecule has 17 heavy (non-hydrogen) atoms. The molecule has 0 amide bonds. The molecule has 1 aromatic heterocycles. The van der Waals surface area contributed by atoms with Gasteiger partial charge < -0.3 is 5.73 Å². The van der Waals surface area contributed by atoms with E-state index in [1.165, 1.54) is 17.7 Å². The average Bonchev–Trinajstić information content (AvgIpc) is 2.55. The third-order valence-corrected chi connectivity index (χ3v) is 3.90. The maximum Gasteiger partial charge on any atom is 0.125 e. The second-order valence-electron chi connectivity index (χ2n) is 6.64. The smallest absolute Gasteiger partial charge is 0.125 e. The van der Waals surface area contributed by atoms with E-state index in [0.29, 0.717) is 0 Å². The van der Waals surface area contributed by atoms with Crippen molar-refractivity contribution in [2.75, 3.05) is 5.73 Å². The van der Waals surface area contributed by atoms with Gasteiger partial charge in [0.2, 0.25) is 0 Å². The molecular weight excluding hydrogens is 210 g/mol. The Balaban J connectivity index is 2.36. The average molecular weight is 235 g/mol. The van der Waals surface area contributed by atoms with Crippen LogP contribution in [0.2, 0.25) is 0 Å². The van der Waals surface area contributed by atoms with Crippen LogP contribution in [0.5, 0.6) is 0 Å². The Labute approximate surface area is 104 Å². The Morgan fingerprint density at radius 1 is 1.35 bits per heavy atom. The summed E-state index contributed by atoms with van der Waals surface area (Å²) in [4.78, 5) is 0. The Morgan fingerprint density at radius 3 is 2.53 bits per heavy atom. The van der Waals surface area contributed by atoms with Crippen LogP contribution in [0.1, 0.15) is 52.3 Å². The summed E-state index contributed by atoms with van der Waals surface area (Å²) in [6.07, 6.45) is 3.45. The zero-order chi connectivity index (χ0) is 12.8. The first-order valence-corrected chi connectivity index (χ1v) is 6.67. The van der Waals surface area contributed by atoms with Gasteiger partial charge in [0.25, 0.3) is 0 Å². The van der Waals surface area contributed by atoms with E-state index >= 15 is 0 Å². The van der Waals surface area contributed by atoms with Crippen molar-refractivity contribution < 1.29 is 0 Å². The van der Waals surface area contributed by atoms with E-state index in [4.69, 9.17) is 10.8 Å². The molecule has 0 saturated heterocycles. The number of rotatable bonds is 1. The molecule has 1 aliphatic rings. The number of fused-ring (bicyclic) bond motifs is 1. The summed E-state index contributed by atoms with van der Waals surface area (Å²) in [7, 11) is 0. The van der Waals surface area contributed by atoms with Crippen LogP contribution in [0.15, 0.2) is 0 Å². The van der Waals surface area contributed by atoms with Crippen molar-refractivity contribution in [2.24, 2.45) is 11.8 Å². The minimum absolute atomic E-state index is 0.0191. The van der Waals surface area contributed by atoms with Crippen LogP contribution in [-0.4, -0.2) is 9.78 Å². The molecule has 3 heteroatoms. The molecule has 0 radical (unpaired) electrons. The number of nitrogens with two attached hydrogens (primary N) is 1. The normalized spacial score (nSPS) is 20.7. The lowest BCUT2D eigenvalue weighted by atomic mass is 9.80. The van der Waals surface area contributed by atoms with Crippen molar-refractivity contribution >= 4 is 5.82 Å². The lowest BCUT2D eigenvalue weighted by Gasteiger charge is -2.25. The molecule has 2 rings (SSSR count). The number of hydrogen-bond donors (Lipinski definition) is 1. The molecule has 96 valence electrons. The zero-order valence-corrected chi connectivity index (χ0v) is 11.7. The van der Waals surface area contributed by atoms with Crippen molar-refractivity contribution in [3.8, 4) is 0 Å². The van der Waals surface area contributed by atoms with Crippen LogP contribution in [0, 0.1) is 11.8 Å². The number of aryl methyl sites for hydroxylation is 1. The molecule has 0 spiro atoms. The van der Waals surface area contributed by atoms with E-state index in [9.17, 15) is 0 Å². The number of nitrogens with zero attached hydrogens (tertiary/aromatic N) is 2. The van der Waals surface area contributed by atoms with E-state index in [-0.39, 0.29) is 5.54 Å². The van der Waals surface area contributed by atoms with Crippen LogP contribution in [0.25, 0.3) is 0 Å². The first kappa shape index (κ1) is 12.5. The van der Waals surface area contributed by atoms with Gasteiger partial charge in [-0.05, 0) is 51.9 Å². The van der Waals surface area contributed by atoms with Gasteiger partial charge in [0.05, 0.1) is 11.2 Å². The van der Waals surface area contributed by atoms with Crippen molar-refractivity contribution in [3.05, 3.63) is 11.3 Å². The first-order chi connectivity index (χ1) is 7.80. The SMILES string of the molecule is CC(C)C1CCc2nn(C(C)(C)C)c(N)c2C1. The largest absolute Gasteiger partial charge is 0.384 e. The molecule has 1 unspecified atom stereocenters. The molecule has 1 atom stereocenters. The fraction of sp³-hybridized carbons (Fsp3) is 0.786. The predicted molar refractivity (Wildman–Crippen MR) is 72.0 cm³/mol. The predicted octanol–water partition coefficient (Wildman–Crippen LogP) is 2.98. The van der Waals surface area contributed by atoms with Crippen molar-refractivity contribution in [1.82, 2.24) is 9.78 Å². The summed E-state index contributed by atoms with van der Waals surface area (Å²) in [6, 6.07) is 0. The van der Waals surface area contributed by atoms with Crippen molar-refractivity contribution in [2.45, 2.75) is 59.4 Å². The first-order valence-electron chi connectivity index (χ1n) is 6.67. The van der Waals surface area contributed by atoms with Crippen molar-refractivity contribution in [3.63, 3.8) is 0 Å². The van der Waals surface area contributed by atoms with Gasteiger partial charge in [-0.25, -0.2) is 4.68 Å². The quantitative estimate of drug-likeness (QED) is 0.813. The lowest BCUT2D eigenvalue weighted by molar-refractivity contribution is 0.339. The fourth-order valence-corrected chi connectivity index (χ4v) is 2.70. The Morgan fingerprint density at radius 2 is 2.00 bits per heavy atom. The number of aromatic nitrogens is 2. The van der Waals surface area contributed by atoms with E-state index < -0.39 is 0 Å². The Kier molecular flexibility index (Phi) is 2.96. The maximum atomic E-state index is 6.27. The summed E-state index contributed by atoms with van der Waals surface area (Å²) in [5.74, 6) is 2.39. The van der Waals surface area contributed by atoms with E-state index in [0.717, 1.165) is 30.5 Å². The Hall–Kier alpha value is -0.990. The molecule has 3 nitrogen and oxygen atoms in total. The second kappa shape index (κ2) is 4.04. The van der Waals surface area contributed by atoms with Gasteiger partial charge in [-0.1, -0.05) is 13.8 Å². The summed E-state index contributed by atoms with van der Waals surface area (Å²) in [6.45, 7) is 11.1. The van der Waals surface area contributed by atoms with Gasteiger partial charge >= 0.3 is 0 Å². The monoisotopic (exact) mass is 235 g/mol. The molecule has 0 saturated carbocycles. The summed E-state index contributed by atoms with van der Waals surface area (Å²) in [5.41, 5.74) is 8.79. The third-order valence-electron chi connectivity index (χ3n) is 3.90. The zero-order valence-electron chi connectivity index (χ0n) is 11.7. The molecule has 0 aliphatic heterocycles. The molecule has 1 aliphatic carbocycles. The number of nitrogen functional groups attached to an aromatic ring is 1. The van der Waals surface area contributed by atoms with Crippen LogP contribution in [0.3, 0.4) is 0 Å². The van der Waals surface area contributed by atoms with Crippen molar-refractivity contribution in [1.29, 1.82) is 0 Å². The van der Waals surface area contributed by atoms with E-state index in [1.807, 2.05) is 4.68 Å². The highest BCUT2D eigenvalue weighted by Crippen LogP contribution is 2.34. The van der Waals surface area contributed by atoms with Gasteiger partial charge in [-0.15, -0.1) is 0 Å². The Bertz CT molecular complexity index is 410. The fourth-order valence-electron chi connectivity index (χ4n) is 2.70. The molecular formula is C14H25N3. The number of anilines is 1. The highest BCUT2D eigenvalue weighted by Gasteiger charge is 2.29. The topological polar surface area (TPSA) is 43.8 Å². The minimum atomic E-state index is -0.0191. The van der Waals surface area contributed by atoms with Gasteiger partial charge in [0.15, 0.2) is 0 Å². The maximum absolute atomic E-state index is 6.27. The summed E-state index contributed by atoms with van der Waals surface area (Å²) in [5, 5.41) is 4.71. The van der Waals surface area contributed by atoms with Gasteiger partial charge in [0.1, 0.15) is 5.82 Å².